The minimum atomic E-state index is 0.184. The Kier molecular flexibility index (Phi) is 8.22. The van der Waals surface area contributed by atoms with E-state index in [1.165, 1.54) is 57.8 Å². The first-order valence-electron chi connectivity index (χ1n) is 14.8. The van der Waals surface area contributed by atoms with Gasteiger partial charge < -0.3 is 10.6 Å². The molecule has 0 aliphatic heterocycles. The lowest BCUT2D eigenvalue weighted by atomic mass is 9.46. The molecule has 3 nitrogen and oxygen atoms in total. The van der Waals surface area contributed by atoms with Gasteiger partial charge >= 0.3 is 0 Å². The second-order valence-electron chi connectivity index (χ2n) is 13.6. The molecule has 0 aromatic carbocycles. The van der Waals surface area contributed by atoms with Crippen LogP contribution in [0, 0.1) is 52.3 Å². The summed E-state index contributed by atoms with van der Waals surface area (Å²) in [6, 6.07) is 0. The molecule has 3 heteroatoms. The maximum absolute atomic E-state index is 12.8. The van der Waals surface area contributed by atoms with Crippen LogP contribution in [0.15, 0.2) is 11.6 Å². The summed E-state index contributed by atoms with van der Waals surface area (Å²) in [5, 5.41) is 6.29. The number of allylic oxidation sites excluding steroid dienone is 2. The van der Waals surface area contributed by atoms with Crippen molar-refractivity contribution in [3.8, 4) is 0 Å². The van der Waals surface area contributed by atoms with Gasteiger partial charge in [0.05, 0.1) is 0 Å². The van der Waals surface area contributed by atoms with Gasteiger partial charge in [-0.05, 0) is 105 Å². The van der Waals surface area contributed by atoms with E-state index in [0.29, 0.717) is 10.8 Å². The predicted molar refractivity (Wildman–Crippen MR) is 143 cm³/mol. The number of hydrogen-bond acceptors (Lipinski definition) is 2. The molecule has 4 aliphatic carbocycles. The third kappa shape index (κ3) is 4.89. The van der Waals surface area contributed by atoms with E-state index in [2.05, 4.69) is 51.3 Å². The lowest BCUT2D eigenvalue weighted by Gasteiger charge is -2.58. The summed E-state index contributed by atoms with van der Waals surface area (Å²) in [5.41, 5.74) is 2.53. The lowest BCUT2D eigenvalue weighted by molar-refractivity contribution is -0.126. The lowest BCUT2D eigenvalue weighted by Crippen LogP contribution is -2.51. The molecule has 1 amide bonds. The van der Waals surface area contributed by atoms with Gasteiger partial charge in [-0.25, -0.2) is 0 Å². The van der Waals surface area contributed by atoms with E-state index in [-0.39, 0.29) is 11.8 Å². The summed E-state index contributed by atoms with van der Waals surface area (Å²) in [5.74, 6) is 5.75. The highest BCUT2D eigenvalue weighted by Crippen LogP contribution is 2.67. The van der Waals surface area contributed by atoms with Crippen LogP contribution in [0.4, 0.5) is 0 Å². The zero-order valence-electron chi connectivity index (χ0n) is 23.2. The van der Waals surface area contributed by atoms with Gasteiger partial charge in [-0.3, -0.25) is 4.79 Å². The van der Waals surface area contributed by atoms with Crippen molar-refractivity contribution >= 4 is 5.91 Å². The van der Waals surface area contributed by atoms with Crippen LogP contribution in [-0.4, -0.2) is 26.0 Å². The predicted octanol–water partition coefficient (Wildman–Crippen LogP) is 6.98. The molecule has 34 heavy (non-hydrogen) atoms. The van der Waals surface area contributed by atoms with Crippen LogP contribution >= 0.6 is 0 Å². The Balaban J connectivity index is 1.42. The van der Waals surface area contributed by atoms with E-state index in [0.717, 1.165) is 61.4 Å². The normalized spacial score (nSPS) is 40.2. The molecule has 3 fully saturated rings. The van der Waals surface area contributed by atoms with Gasteiger partial charge in [0, 0.05) is 19.0 Å². The van der Waals surface area contributed by atoms with E-state index >= 15 is 0 Å². The Morgan fingerprint density at radius 1 is 1.03 bits per heavy atom. The van der Waals surface area contributed by atoms with Crippen molar-refractivity contribution in [2.75, 3.05) is 20.1 Å². The number of fused-ring (bicyclic) bond motifs is 5. The number of carbonyl (C=O) groups excluding carboxylic acids is 1. The monoisotopic (exact) mass is 470 g/mol. The van der Waals surface area contributed by atoms with Crippen molar-refractivity contribution in [2.24, 2.45) is 52.3 Å². The van der Waals surface area contributed by atoms with Crippen LogP contribution in [0.25, 0.3) is 0 Å². The quantitative estimate of drug-likeness (QED) is 0.282. The maximum atomic E-state index is 12.8. The fraction of sp³-hybridized carbons (Fsp3) is 0.903. The van der Waals surface area contributed by atoms with Gasteiger partial charge in [-0.2, -0.15) is 0 Å². The molecule has 3 saturated carbocycles. The van der Waals surface area contributed by atoms with Crippen molar-refractivity contribution in [1.82, 2.24) is 10.6 Å². The Hall–Kier alpha value is -0.830. The number of nitrogens with one attached hydrogen (secondary N) is 2. The molecule has 0 unspecified atom stereocenters. The summed E-state index contributed by atoms with van der Waals surface area (Å²) in [6.07, 6.45) is 17.2. The van der Waals surface area contributed by atoms with Gasteiger partial charge in [-0.1, -0.05) is 65.5 Å². The third-order valence-corrected chi connectivity index (χ3v) is 11.4. The Bertz CT molecular complexity index is 744. The largest absolute Gasteiger partial charge is 0.355 e. The van der Waals surface area contributed by atoms with Gasteiger partial charge in [0.15, 0.2) is 0 Å². The van der Waals surface area contributed by atoms with Crippen molar-refractivity contribution < 1.29 is 4.79 Å². The van der Waals surface area contributed by atoms with E-state index in [4.69, 9.17) is 0 Å². The molecular formula is C31H54N2O. The number of rotatable bonds is 9. The molecule has 0 saturated heterocycles. The molecular weight excluding hydrogens is 416 g/mol. The summed E-state index contributed by atoms with van der Waals surface area (Å²) in [7, 11) is 1.94. The average Bonchev–Trinajstić information content (AvgIpc) is 3.15. The summed E-state index contributed by atoms with van der Waals surface area (Å²) in [6.45, 7) is 14.2. The minimum Gasteiger partial charge on any atom is -0.355 e. The maximum Gasteiger partial charge on any atom is 0.223 e. The number of likely N-dealkylation sites (N-methyl/N-ethyl adjacent to an activating group) is 1. The number of hydrogen-bond donors (Lipinski definition) is 2. The highest BCUT2D eigenvalue weighted by atomic mass is 16.1. The van der Waals surface area contributed by atoms with Crippen molar-refractivity contribution in [1.29, 1.82) is 0 Å². The van der Waals surface area contributed by atoms with Crippen LogP contribution in [-0.2, 0) is 4.79 Å². The fourth-order valence-corrected chi connectivity index (χ4v) is 9.36. The Morgan fingerprint density at radius 2 is 1.82 bits per heavy atom. The molecule has 0 aromatic rings. The van der Waals surface area contributed by atoms with E-state index in [1.54, 1.807) is 5.57 Å². The van der Waals surface area contributed by atoms with Gasteiger partial charge in [0.1, 0.15) is 0 Å². The standard InChI is InChI=1S/C31H54N2O/c1-21(2)8-7-9-22(3)26-12-13-27-25-11-10-24-20-23(29(34)33-19-18-32-6)14-16-30(24,4)28(25)15-17-31(26,27)5/h10,21-23,25-28,32H,7-9,11-20H2,1-6H3,(H,33,34)/t22-,23+,25+,26-,27+,28+,30+,31-/m1/s1. The molecule has 2 N–H and O–H groups in total. The van der Waals surface area contributed by atoms with Gasteiger partial charge in [0.2, 0.25) is 5.91 Å². The Labute approximate surface area is 210 Å². The van der Waals surface area contributed by atoms with Gasteiger partial charge in [-0.15, -0.1) is 0 Å². The average molecular weight is 471 g/mol. The molecule has 0 bridgehead atoms. The number of carbonyl (C=O) groups is 1. The second-order valence-corrected chi connectivity index (χ2v) is 13.6. The van der Waals surface area contributed by atoms with Gasteiger partial charge in [0.25, 0.3) is 0 Å². The van der Waals surface area contributed by atoms with Crippen LogP contribution in [0.3, 0.4) is 0 Å². The van der Waals surface area contributed by atoms with Crippen LogP contribution in [0.1, 0.15) is 105 Å². The first-order chi connectivity index (χ1) is 16.2. The first-order valence-corrected chi connectivity index (χ1v) is 14.8. The molecule has 8 atom stereocenters. The summed E-state index contributed by atoms with van der Waals surface area (Å²) < 4.78 is 0. The van der Waals surface area contributed by atoms with E-state index < -0.39 is 0 Å². The number of amides is 1. The van der Waals surface area contributed by atoms with Crippen molar-refractivity contribution in [2.45, 2.75) is 105 Å². The SMILES string of the molecule is CNCCNC(=O)[C@H]1CC[C@@]2(C)C(=CC[C@H]3[C@@H]4CC[C@H]([C@H](C)CCCC(C)C)[C@@]4(C)CC[C@@H]32)C1. The molecule has 0 spiro atoms. The highest BCUT2D eigenvalue weighted by molar-refractivity contribution is 5.79. The van der Waals surface area contributed by atoms with E-state index in [9.17, 15) is 4.79 Å². The van der Waals surface area contributed by atoms with Crippen LogP contribution < -0.4 is 10.6 Å². The van der Waals surface area contributed by atoms with Crippen LogP contribution in [0.5, 0.6) is 0 Å². The first kappa shape index (κ1) is 26.2. The molecule has 0 aromatic heterocycles. The topological polar surface area (TPSA) is 41.1 Å². The summed E-state index contributed by atoms with van der Waals surface area (Å²) >= 11 is 0. The third-order valence-electron chi connectivity index (χ3n) is 11.4. The zero-order chi connectivity index (χ0) is 24.5. The second kappa shape index (κ2) is 10.7. The van der Waals surface area contributed by atoms with Crippen molar-refractivity contribution in [3.05, 3.63) is 11.6 Å². The van der Waals surface area contributed by atoms with E-state index in [1.807, 2.05) is 7.05 Å². The zero-order valence-corrected chi connectivity index (χ0v) is 23.2. The molecule has 194 valence electrons. The molecule has 4 aliphatic rings. The molecule has 4 rings (SSSR count). The fourth-order valence-electron chi connectivity index (χ4n) is 9.36. The Morgan fingerprint density at radius 3 is 2.56 bits per heavy atom. The molecule has 0 heterocycles. The minimum absolute atomic E-state index is 0.184. The van der Waals surface area contributed by atoms with Crippen molar-refractivity contribution in [3.63, 3.8) is 0 Å². The molecule has 0 radical (unpaired) electrons. The highest BCUT2D eigenvalue weighted by Gasteiger charge is 2.59. The van der Waals surface area contributed by atoms with Crippen LogP contribution in [0.2, 0.25) is 0 Å². The smallest absolute Gasteiger partial charge is 0.223 e. The summed E-state index contributed by atoms with van der Waals surface area (Å²) in [4.78, 5) is 12.8.